The van der Waals surface area contributed by atoms with Crippen LogP contribution in [0.25, 0.3) is 0 Å². The maximum atomic E-state index is 13.0. The molecule has 3 aromatic carbocycles. The van der Waals surface area contributed by atoms with Crippen molar-refractivity contribution >= 4 is 35.3 Å². The van der Waals surface area contributed by atoms with Crippen LogP contribution in [0.2, 0.25) is 0 Å². The van der Waals surface area contributed by atoms with Crippen LogP contribution in [0.15, 0.2) is 72.8 Å². The fourth-order valence-electron chi connectivity index (χ4n) is 3.85. The van der Waals surface area contributed by atoms with Gasteiger partial charge in [0, 0.05) is 0 Å². The van der Waals surface area contributed by atoms with Gasteiger partial charge < -0.3 is 29.4 Å². The van der Waals surface area contributed by atoms with Gasteiger partial charge in [-0.05, 0) is 44.2 Å². The first-order valence-corrected chi connectivity index (χ1v) is 12.6. The summed E-state index contributed by atoms with van der Waals surface area (Å²) in [4.78, 5) is 51.8. The normalized spacial score (nSPS) is 13.7. The minimum Gasteiger partial charge on any atom is -0.595 e. The zero-order chi connectivity index (χ0) is 30.8. The third kappa shape index (κ3) is 7.73. The van der Waals surface area contributed by atoms with E-state index in [1.807, 2.05) is 0 Å². The number of ether oxygens (including phenoxy) is 4. The minimum atomic E-state index is -2.02. The molecule has 0 aliphatic rings. The summed E-state index contributed by atoms with van der Waals surface area (Å²) < 4.78 is 20.8. The quantitative estimate of drug-likeness (QED) is 0.136. The molecule has 0 aliphatic carbocycles. The van der Waals surface area contributed by atoms with Gasteiger partial charge in [0.1, 0.15) is 0 Å². The van der Waals surface area contributed by atoms with Crippen molar-refractivity contribution < 1.29 is 59.0 Å². The van der Waals surface area contributed by atoms with Crippen LogP contribution in [-0.4, -0.2) is 47.5 Å². The van der Waals surface area contributed by atoms with Crippen LogP contribution in [0.1, 0.15) is 57.9 Å². The van der Waals surface area contributed by atoms with Crippen molar-refractivity contribution in [2.75, 3.05) is 13.2 Å². The van der Waals surface area contributed by atoms with Gasteiger partial charge in [0.25, 0.3) is 0 Å². The minimum absolute atomic E-state index is 0.0206. The molecule has 0 heterocycles. The number of carbonyl (C=O) groups is 4. The Labute approximate surface area is 239 Å². The average molecular weight is 585 g/mol. The Morgan fingerprint density at radius 3 is 1.33 bits per heavy atom. The van der Waals surface area contributed by atoms with Crippen molar-refractivity contribution in [2.24, 2.45) is 0 Å². The van der Waals surface area contributed by atoms with E-state index in [0.717, 1.165) is 6.07 Å². The maximum absolute atomic E-state index is 13.0. The molecule has 222 valence electrons. The van der Waals surface area contributed by atoms with E-state index in [9.17, 15) is 40.0 Å². The molecule has 0 saturated heterocycles. The van der Waals surface area contributed by atoms with Gasteiger partial charge in [-0.2, -0.15) is 10.5 Å². The number of quaternary nitrogens is 2. The standard InChI is InChI=1S/C28H28N2O12/c1-3-39-27(33)23(41-25(31)17-11-7-5-8-12-17)19-15-20(22(30(37)38)16-21(19)29(35)36)24(28(34)40-4-2)42-26(32)18-13-9-6-10-14-18/h5-16,23-24,29-30,35,37H,3-4H2,1-2H3/t23-,24+. The summed E-state index contributed by atoms with van der Waals surface area (Å²) in [7, 11) is 0. The number of hydrogen-bond donors (Lipinski definition) is 4. The maximum Gasteiger partial charge on any atom is 0.352 e. The van der Waals surface area contributed by atoms with Crippen LogP contribution in [0.4, 0.5) is 11.4 Å². The molecule has 4 N–H and O–H groups in total. The van der Waals surface area contributed by atoms with Crippen LogP contribution < -0.4 is 10.5 Å². The van der Waals surface area contributed by atoms with Crippen LogP contribution in [-0.2, 0) is 28.5 Å². The monoisotopic (exact) mass is 584 g/mol. The lowest BCUT2D eigenvalue weighted by Crippen LogP contribution is -3.01. The molecule has 14 nitrogen and oxygen atoms in total. The van der Waals surface area contributed by atoms with Gasteiger partial charge >= 0.3 is 23.9 Å². The Kier molecular flexibility index (Phi) is 11.2. The van der Waals surface area contributed by atoms with Gasteiger partial charge in [-0.3, -0.25) is 0 Å². The molecule has 0 aromatic heterocycles. The highest BCUT2D eigenvalue weighted by Gasteiger charge is 2.38. The molecule has 42 heavy (non-hydrogen) atoms. The molecule has 0 radical (unpaired) electrons. The third-order valence-electron chi connectivity index (χ3n) is 5.72. The van der Waals surface area contributed by atoms with Gasteiger partial charge in [0.2, 0.25) is 12.2 Å². The largest absolute Gasteiger partial charge is 0.595 e. The zero-order valence-corrected chi connectivity index (χ0v) is 22.5. The van der Waals surface area contributed by atoms with Gasteiger partial charge in [-0.15, -0.1) is 0 Å². The Morgan fingerprint density at radius 1 is 0.667 bits per heavy atom. The highest BCUT2D eigenvalue weighted by molar-refractivity contribution is 5.93. The van der Waals surface area contributed by atoms with E-state index in [1.165, 1.54) is 62.4 Å². The second-order valence-corrected chi connectivity index (χ2v) is 8.44. The van der Waals surface area contributed by atoms with Crippen molar-refractivity contribution in [1.29, 1.82) is 0 Å². The first-order chi connectivity index (χ1) is 20.1. The highest BCUT2D eigenvalue weighted by atomic mass is 16.8. The first kappa shape index (κ1) is 31.8. The molecule has 0 bridgehead atoms. The molecular formula is C28H28N2O12. The molecule has 3 aromatic rings. The van der Waals surface area contributed by atoms with E-state index in [-0.39, 0.29) is 24.3 Å². The van der Waals surface area contributed by atoms with Gasteiger partial charge in [-0.1, -0.05) is 36.4 Å². The zero-order valence-electron chi connectivity index (χ0n) is 22.5. The Balaban J connectivity index is 2.23. The van der Waals surface area contributed by atoms with E-state index in [4.69, 9.17) is 18.9 Å². The molecule has 14 heteroatoms. The highest BCUT2D eigenvalue weighted by Crippen LogP contribution is 2.35. The second kappa shape index (κ2) is 14.8. The van der Waals surface area contributed by atoms with E-state index in [1.54, 1.807) is 12.1 Å². The second-order valence-electron chi connectivity index (χ2n) is 8.44. The number of nitrogens with one attached hydrogen (secondary N) is 2. The summed E-state index contributed by atoms with van der Waals surface area (Å²) in [6.07, 6.45) is -4.03. The lowest BCUT2D eigenvalue weighted by molar-refractivity contribution is -0.996. The molecule has 2 unspecified atom stereocenters. The van der Waals surface area contributed by atoms with Crippen molar-refractivity contribution in [3.8, 4) is 0 Å². The number of esters is 4. The van der Waals surface area contributed by atoms with E-state index >= 15 is 0 Å². The van der Waals surface area contributed by atoms with Crippen molar-refractivity contribution in [3.05, 3.63) is 105 Å². The predicted molar refractivity (Wildman–Crippen MR) is 140 cm³/mol. The molecule has 3 rings (SSSR count). The molecule has 0 spiro atoms. The van der Waals surface area contributed by atoms with Crippen LogP contribution in [0.3, 0.4) is 0 Å². The molecule has 0 amide bonds. The van der Waals surface area contributed by atoms with Crippen molar-refractivity contribution in [3.63, 3.8) is 0 Å². The predicted octanol–water partition coefficient (Wildman–Crippen LogP) is 1.42. The van der Waals surface area contributed by atoms with Gasteiger partial charge in [0.05, 0.1) is 41.5 Å². The molecule has 0 aliphatic heterocycles. The number of rotatable bonds is 12. The van der Waals surface area contributed by atoms with Gasteiger partial charge in [-0.25, -0.2) is 29.6 Å². The number of benzene rings is 3. The van der Waals surface area contributed by atoms with Crippen molar-refractivity contribution in [1.82, 2.24) is 0 Å². The molecule has 4 atom stereocenters. The molecule has 0 fully saturated rings. The summed E-state index contributed by atoms with van der Waals surface area (Å²) in [6, 6.07) is 16.5. The first-order valence-electron chi connectivity index (χ1n) is 12.6. The lowest BCUT2D eigenvalue weighted by Gasteiger charge is -2.26. The SMILES string of the molecule is CCOC(=O)[C@@H](OC(=O)c1ccccc1)c1cc([C@@H](OC(=O)c2ccccc2)C(=O)OCC)c([NH+]([O-])O)cc1[NH+]([O-])O. The number of carbonyl (C=O) groups excluding carboxylic acids is 4. The van der Waals surface area contributed by atoms with Crippen LogP contribution >= 0.6 is 0 Å². The summed E-state index contributed by atoms with van der Waals surface area (Å²) in [5, 5.41) is 41.0. The summed E-state index contributed by atoms with van der Waals surface area (Å²) >= 11 is 0. The smallest absolute Gasteiger partial charge is 0.352 e. The topological polar surface area (TPSA) is 201 Å². The Morgan fingerprint density at radius 2 is 1.02 bits per heavy atom. The van der Waals surface area contributed by atoms with Crippen LogP contribution in [0.5, 0.6) is 0 Å². The summed E-state index contributed by atoms with van der Waals surface area (Å²) in [6.45, 7) is 2.57. The van der Waals surface area contributed by atoms with Crippen LogP contribution in [0, 0.1) is 10.4 Å². The summed E-state index contributed by atoms with van der Waals surface area (Å²) in [5.41, 5.74) is -2.51. The van der Waals surface area contributed by atoms with Crippen molar-refractivity contribution in [2.45, 2.75) is 26.1 Å². The molecular weight excluding hydrogens is 556 g/mol. The van der Waals surface area contributed by atoms with E-state index in [0.29, 0.717) is 6.07 Å². The summed E-state index contributed by atoms with van der Waals surface area (Å²) in [5.74, 6) is -4.39. The van der Waals surface area contributed by atoms with E-state index < -0.39 is 69.0 Å². The molecule has 0 saturated carbocycles. The fourth-order valence-corrected chi connectivity index (χ4v) is 3.85. The Hall–Kier alpha value is -4.70. The van der Waals surface area contributed by atoms with Gasteiger partial charge in [0.15, 0.2) is 11.4 Å². The van der Waals surface area contributed by atoms with E-state index in [2.05, 4.69) is 0 Å². The average Bonchev–Trinajstić information content (AvgIpc) is 2.98. The fraction of sp³-hybridized carbons (Fsp3) is 0.214. The number of hydrogen-bond acceptors (Lipinski definition) is 12. The third-order valence-corrected chi connectivity index (χ3v) is 5.72. The lowest BCUT2D eigenvalue weighted by atomic mass is 9.98. The Bertz CT molecular complexity index is 1290.